The van der Waals surface area contributed by atoms with Gasteiger partial charge in [0.2, 0.25) is 5.91 Å². The highest BCUT2D eigenvalue weighted by Gasteiger charge is 2.59. The topological polar surface area (TPSA) is 188 Å². The zero-order chi connectivity index (χ0) is 46.8. The molecule has 5 rings (SSSR count). The third-order valence-electron chi connectivity index (χ3n) is 12.8. The monoisotopic (exact) mass is 907 g/mol. The molecule has 63 heavy (non-hydrogen) atoms. The number of cyclic esters (lactones) is 1. The molecule has 1 N–H and O–H groups in total. The molecule has 2 amide bonds. The molecule has 0 saturated carbocycles. The highest BCUT2D eigenvalue weighted by atomic mass is 32.2. The minimum absolute atomic E-state index is 0.210. The fraction of sp³-hybridized carbons (Fsp3) is 0.750. The molecule has 5 heterocycles. The second-order valence-electron chi connectivity index (χ2n) is 17.8. The molecule has 19 heteroatoms. The highest BCUT2D eigenvalue weighted by molar-refractivity contribution is 7.93. The van der Waals surface area contributed by atoms with Gasteiger partial charge in [0.15, 0.2) is 11.9 Å². The number of pyridine rings is 1. The molecule has 17 nitrogen and oxygen atoms in total. The first-order valence-corrected chi connectivity index (χ1v) is 23.0. The lowest BCUT2D eigenvalue weighted by molar-refractivity contribution is -0.289. The molecular weight excluding hydrogens is 838 g/mol. The van der Waals surface area contributed by atoms with Crippen LogP contribution in [0.15, 0.2) is 30.6 Å². The summed E-state index contributed by atoms with van der Waals surface area (Å²) in [5.41, 5.74) is -1.14. The number of hydrogen-bond donors (Lipinski definition) is 1. The Morgan fingerprint density at radius 3 is 2.38 bits per heavy atom. The van der Waals surface area contributed by atoms with Crippen LogP contribution in [-0.4, -0.2) is 164 Å². The van der Waals surface area contributed by atoms with Crippen LogP contribution < -0.4 is 0 Å². The van der Waals surface area contributed by atoms with Crippen molar-refractivity contribution in [1.82, 2.24) is 34.7 Å². The van der Waals surface area contributed by atoms with E-state index in [1.807, 2.05) is 78.0 Å². The van der Waals surface area contributed by atoms with Crippen molar-refractivity contribution in [3.05, 3.63) is 30.6 Å². The molecule has 3 fully saturated rings. The van der Waals surface area contributed by atoms with E-state index in [4.69, 9.17) is 23.7 Å². The van der Waals surface area contributed by atoms with Gasteiger partial charge in [-0.3, -0.25) is 28.9 Å². The van der Waals surface area contributed by atoms with Crippen molar-refractivity contribution < 1.29 is 51.9 Å². The van der Waals surface area contributed by atoms with E-state index in [1.165, 1.54) is 27.2 Å². The van der Waals surface area contributed by atoms with Crippen LogP contribution in [0.1, 0.15) is 93.9 Å². The van der Waals surface area contributed by atoms with Gasteiger partial charge in [-0.05, 0) is 98.9 Å². The van der Waals surface area contributed by atoms with Crippen LogP contribution in [0.5, 0.6) is 0 Å². The number of halogens is 1. The number of rotatable bonds is 11. The smallest absolute Gasteiger partial charge is 0.410 e. The Kier molecular flexibility index (Phi) is 18.9. The predicted molar refractivity (Wildman–Crippen MR) is 235 cm³/mol. The lowest BCUT2D eigenvalue weighted by Crippen LogP contribution is -2.62. The summed E-state index contributed by atoms with van der Waals surface area (Å²) >= 11 is 0.250. The first-order valence-electron chi connectivity index (χ1n) is 21.9. The number of ketones is 1. The van der Waals surface area contributed by atoms with E-state index < -0.39 is 71.7 Å². The number of unbranched alkanes of at least 4 members (excludes halogenated alkanes) is 1. The fourth-order valence-electron chi connectivity index (χ4n) is 9.31. The molecule has 2 aromatic rings. The number of aromatic nitrogens is 4. The van der Waals surface area contributed by atoms with Crippen molar-refractivity contribution in [2.45, 2.75) is 160 Å². The first kappa shape index (κ1) is 51.9. The molecule has 354 valence electrons. The van der Waals surface area contributed by atoms with E-state index in [0.717, 1.165) is 5.69 Å². The minimum atomic E-state index is -1.38. The number of aryl methyl sites for hydroxylation is 1. The van der Waals surface area contributed by atoms with Crippen molar-refractivity contribution in [1.29, 1.82) is 0 Å². The SMILES string of the molecule is CC[C@H]1OC(=O)[C@H](C)C(=O)C[C@@H](O[C@@H]2OC(C)CC(N(C)C)C2O)[C@@](C)(OC)C[C@@H](C)CN(C(C)=O)[C@H](C)[C@H]2N(CCCCn3cc(-c4ccccn4)nn3)C(=O)O[C@]12C.CSF. The summed E-state index contributed by atoms with van der Waals surface area (Å²) in [6.07, 6.45) is 2.25. The van der Waals surface area contributed by atoms with Crippen molar-refractivity contribution in [3.63, 3.8) is 0 Å². The third-order valence-corrected chi connectivity index (χ3v) is 12.8. The quantitative estimate of drug-likeness (QED) is 0.173. The summed E-state index contributed by atoms with van der Waals surface area (Å²) < 4.78 is 43.2. The Labute approximate surface area is 376 Å². The molecule has 0 aliphatic carbocycles. The van der Waals surface area contributed by atoms with Crippen molar-refractivity contribution in [2.75, 3.05) is 40.6 Å². The Bertz CT molecular complexity index is 1810. The zero-order valence-corrected chi connectivity index (χ0v) is 39.9. The lowest BCUT2D eigenvalue weighted by Gasteiger charge is -2.46. The number of fused-ring (bicyclic) bond motifs is 1. The van der Waals surface area contributed by atoms with Gasteiger partial charge in [-0.2, -0.15) is 3.89 Å². The zero-order valence-electron chi connectivity index (χ0n) is 39.1. The number of Topliss-reactive ketones (excluding diaryl/α,β-unsaturated/α-hetero) is 1. The maximum absolute atomic E-state index is 14.1. The number of amides is 2. The molecule has 3 unspecified atom stereocenters. The van der Waals surface area contributed by atoms with Crippen LogP contribution in [0.4, 0.5) is 8.68 Å². The van der Waals surface area contributed by atoms with E-state index in [-0.39, 0.29) is 55.5 Å². The number of aliphatic hydroxyl groups is 1. The fourth-order valence-corrected chi connectivity index (χ4v) is 9.31. The molecule has 12 atom stereocenters. The number of carbonyl (C=O) groups excluding carboxylic acids is 4. The maximum atomic E-state index is 14.1. The van der Waals surface area contributed by atoms with Crippen molar-refractivity contribution >= 4 is 35.9 Å². The van der Waals surface area contributed by atoms with Crippen LogP contribution in [0.2, 0.25) is 0 Å². The first-order chi connectivity index (χ1) is 29.7. The van der Waals surface area contributed by atoms with Crippen molar-refractivity contribution in [2.24, 2.45) is 11.8 Å². The number of methoxy groups -OCH3 is 1. The van der Waals surface area contributed by atoms with Gasteiger partial charge in [0, 0.05) is 70.7 Å². The Balaban J connectivity index is 0.00000282. The van der Waals surface area contributed by atoms with Crippen LogP contribution in [-0.2, 0) is 44.6 Å². The summed E-state index contributed by atoms with van der Waals surface area (Å²) in [5, 5.41) is 19.9. The Hall–Kier alpha value is -3.75. The van der Waals surface area contributed by atoms with E-state index >= 15 is 0 Å². The van der Waals surface area contributed by atoms with E-state index in [2.05, 4.69) is 15.3 Å². The predicted octanol–water partition coefficient (Wildman–Crippen LogP) is 5.34. The van der Waals surface area contributed by atoms with Crippen LogP contribution in [0, 0.1) is 11.8 Å². The second-order valence-corrected chi connectivity index (χ2v) is 18.1. The molecule has 2 aromatic heterocycles. The van der Waals surface area contributed by atoms with Gasteiger partial charge in [0.1, 0.15) is 29.6 Å². The maximum Gasteiger partial charge on any atom is 0.410 e. The number of hydrogen-bond acceptors (Lipinski definition) is 15. The average Bonchev–Trinajstić information content (AvgIpc) is 3.82. The van der Waals surface area contributed by atoms with Gasteiger partial charge < -0.3 is 38.6 Å². The van der Waals surface area contributed by atoms with Crippen LogP contribution in [0.25, 0.3) is 11.4 Å². The summed E-state index contributed by atoms with van der Waals surface area (Å²) in [6, 6.07) is 4.02. The van der Waals surface area contributed by atoms with E-state index in [1.54, 1.807) is 27.6 Å². The van der Waals surface area contributed by atoms with Gasteiger partial charge in [-0.25, -0.2) is 4.79 Å². The standard InChI is InChI=1S/C43H67N7O10.CH3FS/c1-12-35-43(8)38(49(41(55)60-43)20-16-15-19-48-25-32(45-46-48)31-17-13-14-18-44-31)29(5)50(30(6)51)24-26(2)23-42(7,56-11)36(22-34(52)28(4)39(54)58-35)59-40-37(53)33(47(9)10)21-27(3)57-40;1-3-2/h13-14,17-18,25-29,33,35-38,40,53H,12,15-16,19-24H2,1-11H3;1H3/t26-,27?,28-,29-,33?,35-,36-,37?,38-,40+,42+,43-;/m1./s1. The minimum Gasteiger partial charge on any atom is -0.458 e. The molecule has 0 spiro atoms. The lowest BCUT2D eigenvalue weighted by atomic mass is 9.82. The Morgan fingerprint density at radius 2 is 1.78 bits per heavy atom. The van der Waals surface area contributed by atoms with Gasteiger partial charge in [0.25, 0.3) is 0 Å². The molecule has 0 radical (unpaired) electrons. The van der Waals surface area contributed by atoms with Crippen LogP contribution in [0.3, 0.4) is 0 Å². The van der Waals surface area contributed by atoms with Gasteiger partial charge in [-0.15, -0.1) is 5.10 Å². The Morgan fingerprint density at radius 1 is 1.10 bits per heavy atom. The summed E-state index contributed by atoms with van der Waals surface area (Å²) in [5.74, 6) is -2.86. The summed E-state index contributed by atoms with van der Waals surface area (Å²) in [7, 11) is 5.30. The largest absolute Gasteiger partial charge is 0.458 e. The molecule has 0 aromatic carbocycles. The highest BCUT2D eigenvalue weighted by Crippen LogP contribution is 2.41. The number of likely N-dealkylation sites (N-methyl/N-ethyl adjacent to an activating group) is 1. The summed E-state index contributed by atoms with van der Waals surface area (Å²) in [6.45, 7) is 15.3. The molecule has 3 aliphatic rings. The number of aliphatic hydroxyl groups excluding tert-OH is 1. The van der Waals surface area contributed by atoms with E-state index in [9.17, 15) is 28.2 Å². The van der Waals surface area contributed by atoms with Crippen LogP contribution >= 0.6 is 12.1 Å². The number of ether oxygens (including phenoxy) is 5. The number of esters is 1. The molecule has 3 aliphatic heterocycles. The number of carbonyl (C=O) groups is 4. The second kappa shape index (κ2) is 22.9. The third kappa shape index (κ3) is 12.5. The summed E-state index contributed by atoms with van der Waals surface area (Å²) in [4.78, 5) is 65.4. The molecular formula is C44H70FN7O10S. The average molecular weight is 908 g/mol. The number of nitrogens with zero attached hydrogens (tertiary/aromatic N) is 7. The molecule has 0 bridgehead atoms. The van der Waals surface area contributed by atoms with Gasteiger partial charge in [-0.1, -0.05) is 25.1 Å². The van der Waals surface area contributed by atoms with Gasteiger partial charge >= 0.3 is 12.1 Å². The van der Waals surface area contributed by atoms with E-state index in [0.29, 0.717) is 44.5 Å². The normalized spacial score (nSPS) is 33.4. The molecule has 3 saturated heterocycles. The van der Waals surface area contributed by atoms with Gasteiger partial charge in [0.05, 0.1) is 41.8 Å². The van der Waals surface area contributed by atoms with Crippen molar-refractivity contribution in [3.8, 4) is 11.4 Å².